The number of rotatable bonds is 4. The maximum absolute atomic E-state index is 14.0. The molecular formula is C16H14Cl2F2N2O. The average molecular weight is 359 g/mol. The van der Waals surface area contributed by atoms with E-state index < -0.39 is 23.5 Å². The third-order valence-electron chi connectivity index (χ3n) is 3.79. The Balaban J connectivity index is 1.96. The van der Waals surface area contributed by atoms with Crippen LogP contribution in [0.4, 0.5) is 8.78 Å². The molecule has 122 valence electrons. The molecule has 1 fully saturated rings. The van der Waals surface area contributed by atoms with Crippen LogP contribution in [0.15, 0.2) is 30.6 Å². The van der Waals surface area contributed by atoms with Crippen LogP contribution < -0.4 is 10.1 Å². The van der Waals surface area contributed by atoms with Crippen LogP contribution in [0.1, 0.15) is 18.1 Å². The summed E-state index contributed by atoms with van der Waals surface area (Å²) in [5.74, 6) is -2.04. The molecule has 1 saturated heterocycles. The van der Waals surface area contributed by atoms with E-state index in [1.807, 2.05) is 0 Å². The number of nitrogens with one attached hydrogen (secondary N) is 1. The van der Waals surface area contributed by atoms with E-state index in [9.17, 15) is 8.78 Å². The molecule has 23 heavy (non-hydrogen) atoms. The predicted octanol–water partition coefficient (Wildman–Crippen LogP) is 4.40. The summed E-state index contributed by atoms with van der Waals surface area (Å²) in [5.41, 5.74) is 0.681. The third-order valence-corrected chi connectivity index (χ3v) is 4.21. The molecule has 1 aromatic heterocycles. The quantitative estimate of drug-likeness (QED) is 0.879. The second-order valence-electron chi connectivity index (χ2n) is 5.43. The second kappa shape index (κ2) is 6.99. The first-order valence-electron chi connectivity index (χ1n) is 7.17. The SMILES string of the molecule is Fc1cc(Cl)cc(F)c1O[C@H](c1cncc(Cl)c1)C1CCNC1. The molecule has 2 heterocycles. The zero-order valence-corrected chi connectivity index (χ0v) is 13.5. The van der Waals surface area contributed by atoms with Crippen LogP contribution in [0.3, 0.4) is 0 Å². The molecule has 3 rings (SSSR count). The largest absolute Gasteiger partial charge is 0.479 e. The van der Waals surface area contributed by atoms with Crippen molar-refractivity contribution >= 4 is 23.2 Å². The number of hydrogen-bond acceptors (Lipinski definition) is 3. The molecule has 0 radical (unpaired) electrons. The van der Waals surface area contributed by atoms with Gasteiger partial charge in [0.25, 0.3) is 0 Å². The van der Waals surface area contributed by atoms with E-state index in [0.717, 1.165) is 25.1 Å². The molecule has 2 atom stereocenters. The van der Waals surface area contributed by atoms with Crippen molar-refractivity contribution in [1.82, 2.24) is 10.3 Å². The smallest absolute Gasteiger partial charge is 0.191 e. The van der Waals surface area contributed by atoms with Gasteiger partial charge in [-0.2, -0.15) is 0 Å². The van der Waals surface area contributed by atoms with Crippen LogP contribution in [-0.4, -0.2) is 18.1 Å². The summed E-state index contributed by atoms with van der Waals surface area (Å²) in [7, 11) is 0. The summed E-state index contributed by atoms with van der Waals surface area (Å²) in [6.45, 7) is 1.51. The lowest BCUT2D eigenvalue weighted by molar-refractivity contribution is 0.131. The highest BCUT2D eigenvalue weighted by Crippen LogP contribution is 2.35. The van der Waals surface area contributed by atoms with Crippen molar-refractivity contribution in [3.63, 3.8) is 0 Å². The molecule has 1 aromatic carbocycles. The van der Waals surface area contributed by atoms with Gasteiger partial charge in [0, 0.05) is 35.4 Å². The fourth-order valence-corrected chi connectivity index (χ4v) is 3.10. The van der Waals surface area contributed by atoms with Crippen molar-refractivity contribution < 1.29 is 13.5 Å². The summed E-state index contributed by atoms with van der Waals surface area (Å²) < 4.78 is 33.8. The highest BCUT2D eigenvalue weighted by Gasteiger charge is 2.30. The molecule has 1 aliphatic rings. The van der Waals surface area contributed by atoms with Crippen molar-refractivity contribution in [2.45, 2.75) is 12.5 Å². The summed E-state index contributed by atoms with van der Waals surface area (Å²) >= 11 is 11.6. The Morgan fingerprint density at radius 3 is 2.48 bits per heavy atom. The normalized spacial score (nSPS) is 18.9. The summed E-state index contributed by atoms with van der Waals surface area (Å²) in [4.78, 5) is 4.04. The number of halogens is 4. The Morgan fingerprint density at radius 2 is 1.87 bits per heavy atom. The zero-order chi connectivity index (χ0) is 16.4. The summed E-state index contributed by atoms with van der Waals surface area (Å²) in [6, 6.07) is 3.75. The fraction of sp³-hybridized carbons (Fsp3) is 0.312. The average Bonchev–Trinajstić information content (AvgIpc) is 3.00. The van der Waals surface area contributed by atoms with Gasteiger partial charge in [-0.05, 0) is 31.2 Å². The van der Waals surface area contributed by atoms with Crippen LogP contribution in [0, 0.1) is 17.6 Å². The van der Waals surface area contributed by atoms with Crippen LogP contribution in [0.2, 0.25) is 10.0 Å². The van der Waals surface area contributed by atoms with Gasteiger partial charge in [0.15, 0.2) is 17.4 Å². The van der Waals surface area contributed by atoms with Crippen molar-refractivity contribution in [1.29, 1.82) is 0 Å². The second-order valence-corrected chi connectivity index (χ2v) is 6.30. The van der Waals surface area contributed by atoms with E-state index in [1.54, 1.807) is 12.3 Å². The maximum atomic E-state index is 14.0. The lowest BCUT2D eigenvalue weighted by Gasteiger charge is -2.25. The number of benzene rings is 1. The van der Waals surface area contributed by atoms with E-state index >= 15 is 0 Å². The molecule has 0 amide bonds. The minimum absolute atomic E-state index is 0.0177. The number of pyridine rings is 1. The first-order valence-corrected chi connectivity index (χ1v) is 7.92. The van der Waals surface area contributed by atoms with Crippen molar-refractivity contribution in [2.24, 2.45) is 5.92 Å². The van der Waals surface area contributed by atoms with Gasteiger partial charge in [0.1, 0.15) is 6.10 Å². The Labute approximate surface area is 142 Å². The van der Waals surface area contributed by atoms with Gasteiger partial charge in [0.2, 0.25) is 0 Å². The van der Waals surface area contributed by atoms with Gasteiger partial charge in [0.05, 0.1) is 5.02 Å². The maximum Gasteiger partial charge on any atom is 0.191 e. The number of ether oxygens (including phenoxy) is 1. The lowest BCUT2D eigenvalue weighted by Crippen LogP contribution is -2.22. The predicted molar refractivity (Wildman–Crippen MR) is 85.0 cm³/mol. The van der Waals surface area contributed by atoms with Crippen LogP contribution in [0.5, 0.6) is 5.75 Å². The summed E-state index contributed by atoms with van der Waals surface area (Å²) in [6.07, 6.45) is 3.37. The van der Waals surface area contributed by atoms with Gasteiger partial charge in [-0.15, -0.1) is 0 Å². The number of aromatic nitrogens is 1. The van der Waals surface area contributed by atoms with Gasteiger partial charge in [-0.25, -0.2) is 8.78 Å². The van der Waals surface area contributed by atoms with E-state index in [-0.39, 0.29) is 10.9 Å². The molecule has 0 saturated carbocycles. The standard InChI is InChI=1S/C16H14Cl2F2N2O/c17-11-4-13(19)16(14(20)5-11)23-15(9-1-2-21-6-9)10-3-12(18)8-22-7-10/h3-5,7-9,15,21H,1-2,6H2/t9?,15-/m0/s1. The van der Waals surface area contributed by atoms with Gasteiger partial charge < -0.3 is 10.1 Å². The molecule has 1 aliphatic heterocycles. The van der Waals surface area contributed by atoms with Crippen molar-refractivity contribution in [2.75, 3.05) is 13.1 Å². The van der Waals surface area contributed by atoms with E-state index in [0.29, 0.717) is 17.1 Å². The summed E-state index contributed by atoms with van der Waals surface area (Å²) in [5, 5.41) is 3.65. The van der Waals surface area contributed by atoms with E-state index in [2.05, 4.69) is 10.3 Å². The van der Waals surface area contributed by atoms with Crippen LogP contribution >= 0.6 is 23.2 Å². The van der Waals surface area contributed by atoms with Crippen molar-refractivity contribution in [3.05, 3.63) is 57.8 Å². The molecule has 0 aliphatic carbocycles. The minimum atomic E-state index is -0.832. The molecular weight excluding hydrogens is 345 g/mol. The highest BCUT2D eigenvalue weighted by atomic mass is 35.5. The van der Waals surface area contributed by atoms with Crippen LogP contribution in [-0.2, 0) is 0 Å². The molecule has 0 spiro atoms. The molecule has 7 heteroatoms. The Kier molecular flexibility index (Phi) is 4.99. The zero-order valence-electron chi connectivity index (χ0n) is 12.0. The molecule has 2 aromatic rings. The third kappa shape index (κ3) is 3.74. The topological polar surface area (TPSA) is 34.1 Å². The van der Waals surface area contributed by atoms with Gasteiger partial charge in [-0.1, -0.05) is 23.2 Å². The molecule has 1 N–H and O–H groups in total. The Hall–Kier alpha value is -1.43. The first kappa shape index (κ1) is 16.4. The monoisotopic (exact) mass is 358 g/mol. The van der Waals surface area contributed by atoms with Gasteiger partial charge in [-0.3, -0.25) is 4.98 Å². The minimum Gasteiger partial charge on any atom is -0.479 e. The van der Waals surface area contributed by atoms with E-state index in [1.165, 1.54) is 6.20 Å². The Morgan fingerprint density at radius 1 is 1.13 bits per heavy atom. The van der Waals surface area contributed by atoms with Crippen LogP contribution in [0.25, 0.3) is 0 Å². The first-order chi connectivity index (χ1) is 11.0. The highest BCUT2D eigenvalue weighted by molar-refractivity contribution is 6.30. The molecule has 3 nitrogen and oxygen atoms in total. The molecule has 0 bridgehead atoms. The fourth-order valence-electron chi connectivity index (χ4n) is 2.72. The molecule has 1 unspecified atom stereocenters. The van der Waals surface area contributed by atoms with Gasteiger partial charge >= 0.3 is 0 Å². The Bertz CT molecular complexity index is 685. The number of nitrogens with zero attached hydrogens (tertiary/aromatic N) is 1. The van der Waals surface area contributed by atoms with Crippen molar-refractivity contribution in [3.8, 4) is 5.75 Å². The lowest BCUT2D eigenvalue weighted by atomic mass is 9.96. The van der Waals surface area contributed by atoms with E-state index in [4.69, 9.17) is 27.9 Å². The number of hydrogen-bond donors (Lipinski definition) is 1.